The van der Waals surface area contributed by atoms with E-state index in [1.165, 1.54) is 26.2 Å². The number of benzene rings is 2. The van der Waals surface area contributed by atoms with Gasteiger partial charge in [-0.15, -0.1) is 0 Å². The Hall–Kier alpha value is -3.66. The van der Waals surface area contributed by atoms with Crippen LogP contribution in [0.5, 0.6) is 5.75 Å². The number of esters is 1. The van der Waals surface area contributed by atoms with Gasteiger partial charge in [0.15, 0.2) is 6.10 Å². The van der Waals surface area contributed by atoms with Crippen molar-refractivity contribution in [2.24, 2.45) is 0 Å². The molecule has 30 heavy (non-hydrogen) atoms. The molecule has 0 fully saturated rings. The molecule has 160 valence electrons. The van der Waals surface area contributed by atoms with E-state index >= 15 is 0 Å². The van der Waals surface area contributed by atoms with Gasteiger partial charge in [0.25, 0.3) is 11.6 Å². The molecular formula is C20H23N3O7. The van der Waals surface area contributed by atoms with Gasteiger partial charge in [-0.3, -0.25) is 14.9 Å². The number of hydrogen-bond acceptors (Lipinski definition) is 8. The van der Waals surface area contributed by atoms with E-state index in [1.54, 1.807) is 12.1 Å². The maximum atomic E-state index is 12.6. The third-order valence-electron chi connectivity index (χ3n) is 4.13. The van der Waals surface area contributed by atoms with Crippen LogP contribution in [0.1, 0.15) is 22.8 Å². The molecule has 0 saturated carbocycles. The van der Waals surface area contributed by atoms with Gasteiger partial charge < -0.3 is 25.2 Å². The zero-order valence-corrected chi connectivity index (χ0v) is 16.8. The minimum Gasteiger partial charge on any atom is -0.495 e. The first-order chi connectivity index (χ1) is 14.3. The van der Waals surface area contributed by atoms with E-state index in [9.17, 15) is 19.7 Å². The number of nitro groups is 1. The van der Waals surface area contributed by atoms with E-state index in [2.05, 4.69) is 10.6 Å². The van der Waals surface area contributed by atoms with Crippen molar-refractivity contribution in [3.63, 3.8) is 0 Å². The van der Waals surface area contributed by atoms with E-state index in [0.29, 0.717) is 11.4 Å². The third-order valence-corrected chi connectivity index (χ3v) is 4.13. The molecule has 1 atom stereocenters. The predicted molar refractivity (Wildman–Crippen MR) is 110 cm³/mol. The number of hydrogen-bond donors (Lipinski definition) is 3. The molecule has 0 saturated heterocycles. The van der Waals surface area contributed by atoms with Crippen molar-refractivity contribution in [2.45, 2.75) is 20.0 Å². The van der Waals surface area contributed by atoms with Gasteiger partial charge in [-0.25, -0.2) is 4.79 Å². The maximum absolute atomic E-state index is 12.6. The van der Waals surface area contributed by atoms with Gasteiger partial charge in [-0.1, -0.05) is 6.07 Å². The van der Waals surface area contributed by atoms with E-state index in [1.807, 2.05) is 13.0 Å². The van der Waals surface area contributed by atoms with Crippen molar-refractivity contribution < 1.29 is 29.1 Å². The van der Waals surface area contributed by atoms with Crippen LogP contribution in [0.4, 0.5) is 17.1 Å². The lowest BCUT2D eigenvalue weighted by atomic mass is 10.1. The third kappa shape index (κ3) is 5.67. The van der Waals surface area contributed by atoms with Crippen LogP contribution in [0.15, 0.2) is 36.4 Å². The first-order valence-electron chi connectivity index (χ1n) is 9.06. The van der Waals surface area contributed by atoms with E-state index in [0.717, 1.165) is 11.6 Å². The zero-order chi connectivity index (χ0) is 22.3. The number of rotatable bonds is 9. The van der Waals surface area contributed by atoms with Crippen LogP contribution < -0.4 is 15.4 Å². The van der Waals surface area contributed by atoms with E-state index in [-0.39, 0.29) is 30.1 Å². The molecule has 0 heterocycles. The average molecular weight is 417 g/mol. The summed E-state index contributed by atoms with van der Waals surface area (Å²) in [6, 6.07) is 8.84. The number of nitrogens with zero attached hydrogens (tertiary/aromatic N) is 1. The highest BCUT2D eigenvalue weighted by atomic mass is 16.6. The second-order valence-corrected chi connectivity index (χ2v) is 6.38. The lowest BCUT2D eigenvalue weighted by molar-refractivity contribution is -0.384. The quantitative estimate of drug-likeness (QED) is 0.321. The fourth-order valence-corrected chi connectivity index (χ4v) is 2.59. The number of non-ortho nitro benzene ring substituents is 1. The second kappa shape index (κ2) is 10.2. The summed E-state index contributed by atoms with van der Waals surface area (Å²) in [4.78, 5) is 35.5. The molecule has 3 N–H and O–H groups in total. The highest BCUT2D eigenvalue weighted by Crippen LogP contribution is 2.26. The molecule has 0 aliphatic heterocycles. The summed E-state index contributed by atoms with van der Waals surface area (Å²) in [5.74, 6) is -1.07. The number of nitro benzene ring substituents is 1. The van der Waals surface area contributed by atoms with Crippen molar-refractivity contribution >= 4 is 28.9 Å². The molecule has 2 rings (SSSR count). The van der Waals surface area contributed by atoms with E-state index < -0.39 is 22.9 Å². The molecular weight excluding hydrogens is 394 g/mol. The Bertz CT molecular complexity index is 946. The molecule has 0 aliphatic carbocycles. The SMILES string of the molecule is COc1ccc(C)cc1NC(=O)C(C)OC(=O)c1cc([N+](=O)[O-])ccc1NCCO. The van der Waals surface area contributed by atoms with Crippen molar-refractivity contribution in [3.8, 4) is 5.75 Å². The molecule has 0 bridgehead atoms. The lowest BCUT2D eigenvalue weighted by Crippen LogP contribution is -2.30. The summed E-state index contributed by atoms with van der Waals surface area (Å²) in [6.07, 6.45) is -1.19. The molecule has 1 unspecified atom stereocenters. The van der Waals surface area contributed by atoms with Gasteiger partial charge in [0.2, 0.25) is 0 Å². The Balaban J connectivity index is 2.18. The minimum absolute atomic E-state index is 0.120. The molecule has 2 aromatic rings. The minimum atomic E-state index is -1.19. The topological polar surface area (TPSA) is 140 Å². The van der Waals surface area contributed by atoms with Gasteiger partial charge in [-0.2, -0.15) is 0 Å². The van der Waals surface area contributed by atoms with Crippen molar-refractivity contribution in [1.82, 2.24) is 0 Å². The number of aryl methyl sites for hydroxylation is 1. The van der Waals surface area contributed by atoms with Crippen LogP contribution in [0.3, 0.4) is 0 Å². The normalized spacial score (nSPS) is 11.3. The molecule has 0 spiro atoms. The highest BCUT2D eigenvalue weighted by Gasteiger charge is 2.24. The Kier molecular flexibility index (Phi) is 7.70. The molecule has 10 heteroatoms. The number of aliphatic hydroxyl groups excluding tert-OH is 1. The van der Waals surface area contributed by atoms with Crippen LogP contribution in [-0.2, 0) is 9.53 Å². The number of carbonyl (C=O) groups is 2. The largest absolute Gasteiger partial charge is 0.495 e. The van der Waals surface area contributed by atoms with Gasteiger partial charge in [-0.05, 0) is 37.6 Å². The maximum Gasteiger partial charge on any atom is 0.341 e. The van der Waals surface area contributed by atoms with E-state index in [4.69, 9.17) is 14.6 Å². The van der Waals surface area contributed by atoms with Gasteiger partial charge >= 0.3 is 5.97 Å². The van der Waals surface area contributed by atoms with Crippen molar-refractivity contribution in [2.75, 3.05) is 30.9 Å². The van der Waals surface area contributed by atoms with Gasteiger partial charge in [0, 0.05) is 24.4 Å². The molecule has 0 aromatic heterocycles. The smallest absolute Gasteiger partial charge is 0.341 e. The summed E-state index contributed by atoms with van der Waals surface area (Å²) in [6.45, 7) is 3.15. The Morgan fingerprint density at radius 2 is 1.93 bits per heavy atom. The summed E-state index contributed by atoms with van der Waals surface area (Å²) >= 11 is 0. The lowest BCUT2D eigenvalue weighted by Gasteiger charge is -2.17. The standard InChI is InChI=1S/C20H23N3O7/c1-12-4-7-18(29-3)17(10-12)22-19(25)13(2)30-20(26)15-11-14(23(27)28)5-6-16(15)21-8-9-24/h4-7,10-11,13,21,24H,8-9H2,1-3H3,(H,22,25). The van der Waals surface area contributed by atoms with Crippen molar-refractivity contribution in [3.05, 3.63) is 57.6 Å². The Morgan fingerprint density at radius 3 is 2.57 bits per heavy atom. The fourth-order valence-electron chi connectivity index (χ4n) is 2.59. The van der Waals surface area contributed by atoms with Crippen LogP contribution in [0, 0.1) is 17.0 Å². The monoisotopic (exact) mass is 417 g/mol. The number of methoxy groups -OCH3 is 1. The second-order valence-electron chi connectivity index (χ2n) is 6.38. The summed E-state index contributed by atoms with van der Waals surface area (Å²) in [5, 5.41) is 25.4. The number of ether oxygens (including phenoxy) is 2. The van der Waals surface area contributed by atoms with Gasteiger partial charge in [0.05, 0.1) is 29.9 Å². The fraction of sp³-hybridized carbons (Fsp3) is 0.300. The molecule has 2 aromatic carbocycles. The molecule has 1 amide bonds. The Morgan fingerprint density at radius 1 is 1.20 bits per heavy atom. The first kappa shape index (κ1) is 22.6. The summed E-state index contributed by atoms with van der Waals surface area (Å²) in [5.41, 5.74) is 1.13. The number of aliphatic hydroxyl groups is 1. The highest BCUT2D eigenvalue weighted by molar-refractivity contribution is 6.00. The van der Waals surface area contributed by atoms with Crippen LogP contribution >= 0.6 is 0 Å². The molecule has 10 nitrogen and oxygen atoms in total. The van der Waals surface area contributed by atoms with Crippen LogP contribution in [0.25, 0.3) is 0 Å². The van der Waals surface area contributed by atoms with Crippen LogP contribution in [-0.4, -0.2) is 48.3 Å². The molecule has 0 aliphatic rings. The molecule has 0 radical (unpaired) electrons. The average Bonchev–Trinajstić information content (AvgIpc) is 2.72. The predicted octanol–water partition coefficient (Wildman–Crippen LogP) is 2.50. The van der Waals surface area contributed by atoms with Gasteiger partial charge in [0.1, 0.15) is 5.75 Å². The summed E-state index contributed by atoms with van der Waals surface area (Å²) < 4.78 is 10.4. The Labute approximate surface area is 173 Å². The van der Waals surface area contributed by atoms with Crippen molar-refractivity contribution in [1.29, 1.82) is 0 Å². The summed E-state index contributed by atoms with van der Waals surface area (Å²) in [7, 11) is 1.47. The first-order valence-corrected chi connectivity index (χ1v) is 9.06. The number of amides is 1. The number of nitrogens with one attached hydrogen (secondary N) is 2. The number of carbonyl (C=O) groups excluding carboxylic acids is 2. The van der Waals surface area contributed by atoms with Crippen LogP contribution in [0.2, 0.25) is 0 Å². The zero-order valence-electron chi connectivity index (χ0n) is 16.8. The number of anilines is 2.